The molecule has 5 nitrogen and oxygen atoms in total. The highest BCUT2D eigenvalue weighted by molar-refractivity contribution is 7.17. The highest BCUT2D eigenvalue weighted by Crippen LogP contribution is 2.28. The van der Waals surface area contributed by atoms with Crippen LogP contribution in [0.25, 0.3) is 10.7 Å². The van der Waals surface area contributed by atoms with E-state index in [2.05, 4.69) is 9.97 Å². The molecule has 0 amide bonds. The van der Waals surface area contributed by atoms with Gasteiger partial charge in [-0.2, -0.15) is 0 Å². The Bertz CT molecular complexity index is 559. The standard InChI is InChI=1S/C12H15N3O2S/c1-3-5-8-10(12(16)17)18-11(14-8)9-6-13-7-15(9)4-2/h6-7H,3-5H2,1-2H3,(H,16,17). The van der Waals surface area contributed by atoms with E-state index in [1.54, 1.807) is 12.5 Å². The van der Waals surface area contributed by atoms with Gasteiger partial charge in [-0.25, -0.2) is 14.8 Å². The van der Waals surface area contributed by atoms with Gasteiger partial charge in [0.25, 0.3) is 0 Å². The molecule has 0 unspecified atom stereocenters. The summed E-state index contributed by atoms with van der Waals surface area (Å²) in [4.78, 5) is 20.1. The largest absolute Gasteiger partial charge is 0.477 e. The number of nitrogens with zero attached hydrogens (tertiary/aromatic N) is 3. The van der Waals surface area contributed by atoms with Crippen molar-refractivity contribution >= 4 is 17.3 Å². The maximum Gasteiger partial charge on any atom is 0.347 e. The molecule has 0 bridgehead atoms. The zero-order chi connectivity index (χ0) is 13.1. The van der Waals surface area contributed by atoms with E-state index < -0.39 is 5.97 Å². The quantitative estimate of drug-likeness (QED) is 0.902. The van der Waals surface area contributed by atoms with Crippen molar-refractivity contribution in [2.75, 3.05) is 0 Å². The fraction of sp³-hybridized carbons (Fsp3) is 0.417. The van der Waals surface area contributed by atoms with Crippen LogP contribution in [-0.4, -0.2) is 25.6 Å². The Balaban J connectivity index is 2.46. The molecule has 0 radical (unpaired) electrons. The van der Waals surface area contributed by atoms with Gasteiger partial charge in [0.05, 0.1) is 23.9 Å². The highest BCUT2D eigenvalue weighted by atomic mass is 32.1. The fourth-order valence-corrected chi connectivity index (χ4v) is 2.76. The number of hydrogen-bond donors (Lipinski definition) is 1. The minimum absolute atomic E-state index is 0.343. The summed E-state index contributed by atoms with van der Waals surface area (Å²) in [5, 5.41) is 9.91. The molecule has 0 spiro atoms. The van der Waals surface area contributed by atoms with E-state index in [1.165, 1.54) is 11.3 Å². The second-order valence-electron chi connectivity index (χ2n) is 3.91. The molecular weight excluding hydrogens is 250 g/mol. The normalized spacial score (nSPS) is 10.8. The number of carbonyl (C=O) groups is 1. The number of aromatic nitrogens is 3. The van der Waals surface area contributed by atoms with Gasteiger partial charge in [-0.05, 0) is 13.3 Å². The van der Waals surface area contributed by atoms with Crippen LogP contribution in [0.3, 0.4) is 0 Å². The Labute approximate surface area is 109 Å². The summed E-state index contributed by atoms with van der Waals surface area (Å²) in [5.74, 6) is -0.898. The minimum Gasteiger partial charge on any atom is -0.477 e. The van der Waals surface area contributed by atoms with Crippen LogP contribution in [0.5, 0.6) is 0 Å². The third-order valence-corrected chi connectivity index (χ3v) is 3.76. The van der Waals surface area contributed by atoms with Gasteiger partial charge in [0.1, 0.15) is 9.88 Å². The lowest BCUT2D eigenvalue weighted by molar-refractivity contribution is 0.0700. The molecule has 6 heteroatoms. The number of aryl methyl sites for hydroxylation is 2. The summed E-state index contributed by atoms with van der Waals surface area (Å²) in [6, 6.07) is 0. The van der Waals surface area contributed by atoms with Gasteiger partial charge in [-0.15, -0.1) is 11.3 Å². The number of hydrogen-bond acceptors (Lipinski definition) is 4. The molecule has 2 rings (SSSR count). The van der Waals surface area contributed by atoms with Crippen LogP contribution < -0.4 is 0 Å². The first-order valence-electron chi connectivity index (χ1n) is 5.90. The molecule has 96 valence electrons. The molecule has 2 aromatic rings. The average molecular weight is 265 g/mol. The van der Waals surface area contributed by atoms with Crippen molar-refractivity contribution in [2.45, 2.75) is 33.2 Å². The van der Waals surface area contributed by atoms with E-state index in [9.17, 15) is 9.90 Å². The SMILES string of the molecule is CCCc1nc(-c2cncn2CC)sc1C(=O)O. The second kappa shape index (κ2) is 5.30. The summed E-state index contributed by atoms with van der Waals surface area (Å²) < 4.78 is 1.96. The van der Waals surface area contributed by atoms with Crippen molar-refractivity contribution in [3.63, 3.8) is 0 Å². The fourth-order valence-electron chi connectivity index (χ4n) is 1.79. The molecule has 1 N–H and O–H groups in total. The van der Waals surface area contributed by atoms with Gasteiger partial charge in [-0.3, -0.25) is 0 Å². The molecule has 2 aromatic heterocycles. The Kier molecular flexibility index (Phi) is 3.76. The lowest BCUT2D eigenvalue weighted by Crippen LogP contribution is -1.98. The van der Waals surface area contributed by atoms with Gasteiger partial charge in [0, 0.05) is 6.54 Å². The monoisotopic (exact) mass is 265 g/mol. The molecule has 0 aliphatic carbocycles. The van der Waals surface area contributed by atoms with Gasteiger partial charge in [-0.1, -0.05) is 13.3 Å². The van der Waals surface area contributed by atoms with Gasteiger partial charge in [0.2, 0.25) is 0 Å². The van der Waals surface area contributed by atoms with Crippen molar-refractivity contribution in [3.8, 4) is 10.7 Å². The first-order chi connectivity index (χ1) is 8.67. The minimum atomic E-state index is -0.898. The molecule has 2 heterocycles. The molecule has 18 heavy (non-hydrogen) atoms. The van der Waals surface area contributed by atoms with Crippen molar-refractivity contribution in [2.24, 2.45) is 0 Å². The number of carboxylic acids is 1. The van der Waals surface area contributed by atoms with E-state index in [1.807, 2.05) is 18.4 Å². The van der Waals surface area contributed by atoms with Crippen molar-refractivity contribution in [1.82, 2.24) is 14.5 Å². The molecule has 0 saturated carbocycles. The Morgan fingerprint density at radius 3 is 2.89 bits per heavy atom. The molecule has 0 aromatic carbocycles. The summed E-state index contributed by atoms with van der Waals surface area (Å²) in [6.07, 6.45) is 5.04. The van der Waals surface area contributed by atoms with Crippen LogP contribution in [0, 0.1) is 0 Å². The molecule has 0 aliphatic rings. The van der Waals surface area contributed by atoms with Gasteiger partial charge < -0.3 is 9.67 Å². The van der Waals surface area contributed by atoms with E-state index in [0.717, 1.165) is 23.7 Å². The summed E-state index contributed by atoms with van der Waals surface area (Å²) >= 11 is 1.22. The van der Waals surface area contributed by atoms with Crippen LogP contribution in [0.2, 0.25) is 0 Å². The maximum absolute atomic E-state index is 11.2. The Morgan fingerprint density at radius 1 is 1.50 bits per heavy atom. The second-order valence-corrected chi connectivity index (χ2v) is 4.91. The third-order valence-electron chi connectivity index (χ3n) is 2.65. The first-order valence-corrected chi connectivity index (χ1v) is 6.72. The lowest BCUT2D eigenvalue weighted by Gasteiger charge is -2.00. The Hall–Kier alpha value is -1.69. The van der Waals surface area contributed by atoms with Crippen molar-refractivity contribution in [3.05, 3.63) is 23.1 Å². The number of aromatic carboxylic acids is 1. The van der Waals surface area contributed by atoms with Crippen LogP contribution in [0.1, 0.15) is 35.6 Å². The number of carboxylic acid groups (broad SMARTS) is 1. The molecule has 0 atom stereocenters. The summed E-state index contributed by atoms with van der Waals surface area (Å²) in [7, 11) is 0. The van der Waals surface area contributed by atoms with E-state index in [4.69, 9.17) is 0 Å². The van der Waals surface area contributed by atoms with E-state index >= 15 is 0 Å². The number of imidazole rings is 1. The third kappa shape index (κ3) is 2.28. The predicted octanol–water partition coefficient (Wildman–Crippen LogP) is 2.68. The zero-order valence-corrected chi connectivity index (χ0v) is 11.2. The van der Waals surface area contributed by atoms with Gasteiger partial charge in [0.15, 0.2) is 0 Å². The topological polar surface area (TPSA) is 68.0 Å². The van der Waals surface area contributed by atoms with Crippen LogP contribution in [-0.2, 0) is 13.0 Å². The van der Waals surface area contributed by atoms with Crippen LogP contribution in [0.4, 0.5) is 0 Å². The van der Waals surface area contributed by atoms with Gasteiger partial charge >= 0.3 is 5.97 Å². The van der Waals surface area contributed by atoms with Crippen LogP contribution >= 0.6 is 11.3 Å². The number of rotatable bonds is 5. The molecular formula is C12H15N3O2S. The average Bonchev–Trinajstić information content (AvgIpc) is 2.94. The van der Waals surface area contributed by atoms with E-state index in [0.29, 0.717) is 17.0 Å². The molecule has 0 saturated heterocycles. The van der Waals surface area contributed by atoms with Crippen molar-refractivity contribution in [1.29, 1.82) is 0 Å². The first kappa shape index (κ1) is 12.8. The lowest BCUT2D eigenvalue weighted by atomic mass is 10.2. The number of thiazole rings is 1. The zero-order valence-electron chi connectivity index (χ0n) is 10.4. The van der Waals surface area contributed by atoms with E-state index in [-0.39, 0.29) is 0 Å². The summed E-state index contributed by atoms with van der Waals surface area (Å²) in [6.45, 7) is 4.82. The van der Waals surface area contributed by atoms with Crippen molar-refractivity contribution < 1.29 is 9.90 Å². The summed E-state index contributed by atoms with van der Waals surface area (Å²) in [5.41, 5.74) is 1.56. The predicted molar refractivity (Wildman–Crippen MR) is 70.0 cm³/mol. The van der Waals surface area contributed by atoms with Crippen LogP contribution in [0.15, 0.2) is 12.5 Å². The highest BCUT2D eigenvalue weighted by Gasteiger charge is 2.19. The molecule has 0 fully saturated rings. The maximum atomic E-state index is 11.2. The Morgan fingerprint density at radius 2 is 2.28 bits per heavy atom. The smallest absolute Gasteiger partial charge is 0.347 e. The molecule has 0 aliphatic heterocycles.